The first-order valence-electron chi connectivity index (χ1n) is 5.31. The van der Waals surface area contributed by atoms with Crippen LogP contribution in [0.4, 0.5) is 0 Å². The number of benzene rings is 1. The molecule has 2 unspecified atom stereocenters. The van der Waals surface area contributed by atoms with Crippen molar-refractivity contribution in [3.8, 4) is 0 Å². The van der Waals surface area contributed by atoms with Crippen molar-refractivity contribution >= 4 is 27.7 Å². The average molecular weight is 286 g/mol. The number of hydrogen-bond donors (Lipinski definition) is 1. The third kappa shape index (κ3) is 2.24. The largest absolute Gasteiger partial charge is 0.329 e. The summed E-state index contributed by atoms with van der Waals surface area (Å²) in [5, 5.41) is 0. The second kappa shape index (κ2) is 4.48. The topological polar surface area (TPSA) is 26.0 Å². The molecule has 0 spiro atoms. The van der Waals surface area contributed by atoms with E-state index in [1.165, 1.54) is 17.7 Å². The first-order valence-corrected chi connectivity index (χ1v) is 6.92. The maximum Gasteiger partial charge on any atom is 0.0354 e. The van der Waals surface area contributed by atoms with Crippen LogP contribution in [0.5, 0.6) is 0 Å². The van der Waals surface area contributed by atoms with Crippen LogP contribution in [0.2, 0.25) is 0 Å². The summed E-state index contributed by atoms with van der Waals surface area (Å²) in [5.74, 6) is 0.742. The van der Waals surface area contributed by atoms with Crippen LogP contribution in [0.1, 0.15) is 19.8 Å². The van der Waals surface area contributed by atoms with Gasteiger partial charge < -0.3 is 5.73 Å². The van der Waals surface area contributed by atoms with E-state index in [2.05, 4.69) is 47.1 Å². The molecule has 0 saturated heterocycles. The van der Waals surface area contributed by atoms with Crippen LogP contribution in [0.25, 0.3) is 0 Å². The van der Waals surface area contributed by atoms with Crippen molar-refractivity contribution in [2.24, 2.45) is 11.7 Å². The highest BCUT2D eigenvalue weighted by Gasteiger charge is 2.43. The second-order valence-electron chi connectivity index (χ2n) is 4.27. The first-order chi connectivity index (χ1) is 7.16. The molecule has 1 fully saturated rings. The molecule has 2 N–H and O–H groups in total. The Labute approximate surface area is 104 Å². The molecule has 1 aliphatic rings. The Morgan fingerprint density at radius 1 is 1.60 bits per heavy atom. The SMILES string of the molecule is CC1CCC1(CN)Sc1cccc(Br)c1. The van der Waals surface area contributed by atoms with E-state index in [1.54, 1.807) is 0 Å². The molecular formula is C12H16BrNS. The smallest absolute Gasteiger partial charge is 0.0354 e. The van der Waals surface area contributed by atoms with Crippen molar-refractivity contribution in [1.29, 1.82) is 0 Å². The monoisotopic (exact) mass is 285 g/mol. The quantitative estimate of drug-likeness (QED) is 0.917. The van der Waals surface area contributed by atoms with Gasteiger partial charge in [-0.2, -0.15) is 0 Å². The fourth-order valence-electron chi connectivity index (χ4n) is 2.02. The van der Waals surface area contributed by atoms with E-state index in [0.29, 0.717) is 4.75 Å². The maximum absolute atomic E-state index is 5.91. The fourth-order valence-corrected chi connectivity index (χ4v) is 3.99. The molecule has 0 bridgehead atoms. The summed E-state index contributed by atoms with van der Waals surface area (Å²) in [4.78, 5) is 1.32. The Morgan fingerprint density at radius 2 is 2.40 bits per heavy atom. The lowest BCUT2D eigenvalue weighted by Gasteiger charge is -2.47. The zero-order chi connectivity index (χ0) is 10.9. The lowest BCUT2D eigenvalue weighted by molar-refractivity contribution is 0.245. The summed E-state index contributed by atoms with van der Waals surface area (Å²) in [6.45, 7) is 3.09. The summed E-state index contributed by atoms with van der Waals surface area (Å²) in [7, 11) is 0. The van der Waals surface area contributed by atoms with Crippen LogP contribution >= 0.6 is 27.7 Å². The summed E-state index contributed by atoms with van der Waals surface area (Å²) in [6.07, 6.45) is 2.57. The first kappa shape index (κ1) is 11.5. The molecular weight excluding hydrogens is 270 g/mol. The molecule has 1 nitrogen and oxygen atoms in total. The Hall–Kier alpha value is 0.01000. The average Bonchev–Trinajstić information content (AvgIpc) is 2.24. The van der Waals surface area contributed by atoms with Crippen molar-refractivity contribution in [2.45, 2.75) is 29.4 Å². The third-order valence-corrected chi connectivity index (χ3v) is 5.52. The van der Waals surface area contributed by atoms with Crippen molar-refractivity contribution in [2.75, 3.05) is 6.54 Å². The van der Waals surface area contributed by atoms with Gasteiger partial charge in [0.05, 0.1) is 0 Å². The molecule has 0 radical (unpaired) electrons. The van der Waals surface area contributed by atoms with E-state index in [9.17, 15) is 0 Å². The van der Waals surface area contributed by atoms with Crippen molar-refractivity contribution < 1.29 is 0 Å². The zero-order valence-electron chi connectivity index (χ0n) is 8.87. The Balaban J connectivity index is 2.14. The van der Waals surface area contributed by atoms with Gasteiger partial charge in [-0.25, -0.2) is 0 Å². The molecule has 82 valence electrons. The lowest BCUT2D eigenvalue weighted by atomic mass is 9.74. The highest BCUT2D eigenvalue weighted by Crippen LogP contribution is 2.51. The molecule has 0 amide bonds. The molecule has 0 aromatic heterocycles. The summed E-state index contributed by atoms with van der Waals surface area (Å²) in [5.41, 5.74) is 5.91. The Kier molecular flexibility index (Phi) is 3.43. The molecule has 1 aromatic carbocycles. The number of halogens is 1. The highest BCUT2D eigenvalue weighted by atomic mass is 79.9. The lowest BCUT2D eigenvalue weighted by Crippen LogP contribution is -2.48. The minimum atomic E-state index is 0.292. The summed E-state index contributed by atoms with van der Waals surface area (Å²) in [6, 6.07) is 8.48. The van der Waals surface area contributed by atoms with Crippen LogP contribution in [-0.2, 0) is 0 Å². The van der Waals surface area contributed by atoms with Gasteiger partial charge in [0.1, 0.15) is 0 Å². The predicted molar refractivity (Wildman–Crippen MR) is 70.2 cm³/mol. The van der Waals surface area contributed by atoms with Gasteiger partial charge in [0.2, 0.25) is 0 Å². The molecule has 2 rings (SSSR count). The van der Waals surface area contributed by atoms with Gasteiger partial charge in [-0.05, 0) is 37.0 Å². The van der Waals surface area contributed by atoms with E-state index in [0.717, 1.165) is 16.9 Å². The van der Waals surface area contributed by atoms with Crippen molar-refractivity contribution in [1.82, 2.24) is 0 Å². The standard InChI is InChI=1S/C12H16BrNS/c1-9-5-6-12(9,8-14)15-11-4-2-3-10(13)7-11/h2-4,7,9H,5-6,8,14H2,1H3. The molecule has 1 aromatic rings. The zero-order valence-corrected chi connectivity index (χ0v) is 11.3. The van der Waals surface area contributed by atoms with Gasteiger partial charge in [0.25, 0.3) is 0 Å². The van der Waals surface area contributed by atoms with Gasteiger partial charge in [-0.3, -0.25) is 0 Å². The molecule has 15 heavy (non-hydrogen) atoms. The normalized spacial score (nSPS) is 29.9. The molecule has 0 heterocycles. The molecule has 0 aliphatic heterocycles. The number of nitrogens with two attached hydrogens (primary N) is 1. The summed E-state index contributed by atoms with van der Waals surface area (Å²) < 4.78 is 1.44. The molecule has 1 saturated carbocycles. The Bertz CT molecular complexity index is 351. The Morgan fingerprint density at radius 3 is 2.87 bits per heavy atom. The van der Waals surface area contributed by atoms with Crippen LogP contribution in [0.3, 0.4) is 0 Å². The van der Waals surface area contributed by atoms with Crippen LogP contribution < -0.4 is 5.73 Å². The van der Waals surface area contributed by atoms with Crippen molar-refractivity contribution in [3.63, 3.8) is 0 Å². The summed E-state index contributed by atoms with van der Waals surface area (Å²) >= 11 is 5.45. The highest BCUT2D eigenvalue weighted by molar-refractivity contribution is 9.10. The fraction of sp³-hybridized carbons (Fsp3) is 0.500. The number of rotatable bonds is 3. The molecule has 3 heteroatoms. The van der Waals surface area contributed by atoms with Gasteiger partial charge in [0.15, 0.2) is 0 Å². The predicted octanol–water partition coefficient (Wildman–Crippen LogP) is 3.67. The number of thioether (sulfide) groups is 1. The van der Waals surface area contributed by atoms with E-state index in [4.69, 9.17) is 5.73 Å². The second-order valence-corrected chi connectivity index (χ2v) is 6.67. The van der Waals surface area contributed by atoms with E-state index in [-0.39, 0.29) is 0 Å². The van der Waals surface area contributed by atoms with Crippen LogP contribution in [0.15, 0.2) is 33.6 Å². The van der Waals surface area contributed by atoms with Gasteiger partial charge in [-0.1, -0.05) is 28.9 Å². The van der Waals surface area contributed by atoms with Gasteiger partial charge in [-0.15, -0.1) is 11.8 Å². The van der Waals surface area contributed by atoms with E-state index < -0.39 is 0 Å². The minimum Gasteiger partial charge on any atom is -0.329 e. The van der Waals surface area contributed by atoms with E-state index in [1.807, 2.05) is 11.8 Å². The number of hydrogen-bond acceptors (Lipinski definition) is 2. The van der Waals surface area contributed by atoms with Gasteiger partial charge >= 0.3 is 0 Å². The maximum atomic E-state index is 5.91. The molecule has 1 aliphatic carbocycles. The minimum absolute atomic E-state index is 0.292. The van der Waals surface area contributed by atoms with Gasteiger partial charge in [0, 0.05) is 20.7 Å². The van der Waals surface area contributed by atoms with Crippen LogP contribution in [0, 0.1) is 5.92 Å². The molecule has 2 atom stereocenters. The van der Waals surface area contributed by atoms with Crippen LogP contribution in [-0.4, -0.2) is 11.3 Å². The van der Waals surface area contributed by atoms with Crippen molar-refractivity contribution in [3.05, 3.63) is 28.7 Å². The third-order valence-electron chi connectivity index (χ3n) is 3.36. The van der Waals surface area contributed by atoms with E-state index >= 15 is 0 Å².